The molecule has 29 heavy (non-hydrogen) atoms. The maximum Gasteiger partial charge on any atom is 0.301 e. The van der Waals surface area contributed by atoms with E-state index in [1.807, 2.05) is 6.92 Å². The number of nitrogens with zero attached hydrogens (tertiary/aromatic N) is 2. The van der Waals surface area contributed by atoms with Crippen molar-refractivity contribution in [1.82, 2.24) is 4.98 Å². The minimum absolute atomic E-state index is 0.120. The van der Waals surface area contributed by atoms with Gasteiger partial charge in [-0.15, -0.1) is 11.3 Å². The van der Waals surface area contributed by atoms with Crippen LogP contribution in [0.4, 0.5) is 9.52 Å². The van der Waals surface area contributed by atoms with Gasteiger partial charge < -0.3 is 5.11 Å². The number of carbonyl (C=O) groups is 2. The van der Waals surface area contributed by atoms with Gasteiger partial charge in [-0.2, -0.15) is 0 Å². The fraction of sp³-hybridized carbons (Fsp3) is 0.136. The molecule has 2 aromatic carbocycles. The van der Waals surface area contributed by atoms with Crippen molar-refractivity contribution < 1.29 is 19.1 Å². The van der Waals surface area contributed by atoms with Gasteiger partial charge in [-0.3, -0.25) is 14.5 Å². The lowest BCUT2D eigenvalue weighted by Gasteiger charge is -2.23. The van der Waals surface area contributed by atoms with Crippen LogP contribution < -0.4 is 4.90 Å². The van der Waals surface area contributed by atoms with E-state index in [4.69, 9.17) is 0 Å². The van der Waals surface area contributed by atoms with Crippen molar-refractivity contribution in [3.8, 4) is 0 Å². The van der Waals surface area contributed by atoms with E-state index >= 15 is 0 Å². The molecule has 0 radical (unpaired) electrons. The molecule has 1 aliphatic heterocycles. The second-order valence-electron chi connectivity index (χ2n) is 6.69. The Morgan fingerprint density at radius 1 is 1.07 bits per heavy atom. The molecule has 1 atom stereocenters. The van der Waals surface area contributed by atoms with E-state index in [-0.39, 0.29) is 16.9 Å². The maximum atomic E-state index is 14.7. The number of anilines is 1. The van der Waals surface area contributed by atoms with Gasteiger partial charge >= 0.3 is 5.91 Å². The Bertz CT molecular complexity index is 1130. The number of ketones is 1. The summed E-state index contributed by atoms with van der Waals surface area (Å²) in [5.41, 5.74) is 1.06. The Morgan fingerprint density at radius 3 is 2.34 bits per heavy atom. The van der Waals surface area contributed by atoms with Gasteiger partial charge in [0.2, 0.25) is 0 Å². The average molecular weight is 408 g/mol. The number of rotatable bonds is 3. The van der Waals surface area contributed by atoms with Gasteiger partial charge in [0.1, 0.15) is 17.6 Å². The van der Waals surface area contributed by atoms with Crippen LogP contribution in [0.1, 0.15) is 27.7 Å². The molecule has 146 valence electrons. The Hall–Kier alpha value is -3.32. The molecule has 0 spiro atoms. The first-order valence-corrected chi connectivity index (χ1v) is 9.76. The van der Waals surface area contributed by atoms with Crippen LogP contribution in [0.25, 0.3) is 5.76 Å². The molecule has 4 rings (SSSR count). The van der Waals surface area contributed by atoms with Crippen LogP contribution in [0.5, 0.6) is 0 Å². The molecular weight excluding hydrogens is 391 g/mol. The van der Waals surface area contributed by atoms with Crippen molar-refractivity contribution in [3.63, 3.8) is 0 Å². The number of aliphatic hydroxyl groups is 1. The van der Waals surface area contributed by atoms with Gasteiger partial charge in [-0.1, -0.05) is 48.5 Å². The first kappa shape index (κ1) is 19.0. The van der Waals surface area contributed by atoms with Crippen LogP contribution in [0.2, 0.25) is 0 Å². The molecule has 0 aliphatic carbocycles. The van der Waals surface area contributed by atoms with E-state index in [0.29, 0.717) is 10.7 Å². The predicted molar refractivity (Wildman–Crippen MR) is 109 cm³/mol. The summed E-state index contributed by atoms with van der Waals surface area (Å²) in [6.45, 7) is 3.66. The van der Waals surface area contributed by atoms with E-state index in [2.05, 4.69) is 4.98 Å². The Labute approximate surface area is 170 Å². The van der Waals surface area contributed by atoms with Crippen molar-refractivity contribution in [2.45, 2.75) is 19.9 Å². The number of hydrogen-bond acceptors (Lipinski definition) is 5. The lowest BCUT2D eigenvalue weighted by Crippen LogP contribution is -2.29. The quantitative estimate of drug-likeness (QED) is 0.393. The average Bonchev–Trinajstić information content (AvgIpc) is 3.18. The van der Waals surface area contributed by atoms with Crippen molar-refractivity contribution in [2.75, 3.05) is 4.90 Å². The summed E-state index contributed by atoms with van der Waals surface area (Å²) in [6, 6.07) is 13.2. The van der Waals surface area contributed by atoms with Gasteiger partial charge in [-0.05, 0) is 19.9 Å². The Balaban J connectivity index is 1.99. The van der Waals surface area contributed by atoms with Crippen LogP contribution in [0.3, 0.4) is 0 Å². The molecule has 0 saturated carbocycles. The predicted octanol–water partition coefficient (Wildman–Crippen LogP) is 4.53. The zero-order valence-corrected chi connectivity index (χ0v) is 16.5. The highest BCUT2D eigenvalue weighted by atomic mass is 32.1. The number of amides is 1. The largest absolute Gasteiger partial charge is 0.507 e. The van der Waals surface area contributed by atoms with Crippen molar-refractivity contribution in [2.24, 2.45) is 0 Å². The fourth-order valence-electron chi connectivity index (χ4n) is 3.33. The molecule has 1 aromatic heterocycles. The maximum absolute atomic E-state index is 14.7. The first-order valence-electron chi connectivity index (χ1n) is 8.95. The highest BCUT2D eigenvalue weighted by Crippen LogP contribution is 2.44. The van der Waals surface area contributed by atoms with Crippen LogP contribution in [-0.4, -0.2) is 21.8 Å². The highest BCUT2D eigenvalue weighted by Gasteiger charge is 2.49. The molecule has 1 amide bonds. The molecule has 0 bridgehead atoms. The molecule has 3 aromatic rings. The SMILES string of the molecule is Cc1nc(N2C(=O)C(=O)C(=C(O)c3ccccc3)[C@H]2c2ccccc2F)sc1C. The third-order valence-corrected chi connectivity index (χ3v) is 5.99. The van der Waals surface area contributed by atoms with Crippen molar-refractivity contribution >= 4 is 33.9 Å². The third kappa shape index (κ3) is 3.13. The van der Waals surface area contributed by atoms with E-state index < -0.39 is 23.5 Å². The summed E-state index contributed by atoms with van der Waals surface area (Å²) in [7, 11) is 0. The van der Waals surface area contributed by atoms with Crippen molar-refractivity contribution in [3.05, 3.63) is 87.7 Å². The van der Waals surface area contributed by atoms with E-state index in [1.54, 1.807) is 43.3 Å². The standard InChI is InChI=1S/C22H17FN2O3S/c1-12-13(2)29-22(24-12)25-18(15-10-6-7-11-16(15)23)17(20(27)21(25)28)19(26)14-8-4-3-5-9-14/h3-11,18,26H,1-2H3/t18-/m1/s1. The molecule has 1 aliphatic rings. The van der Waals surface area contributed by atoms with Crippen molar-refractivity contribution in [1.29, 1.82) is 0 Å². The number of aliphatic hydroxyl groups excluding tert-OH is 1. The second-order valence-corrected chi connectivity index (χ2v) is 7.88. The number of benzene rings is 2. The molecular formula is C22H17FN2O3S. The topological polar surface area (TPSA) is 70.5 Å². The summed E-state index contributed by atoms with van der Waals surface area (Å²) in [6.07, 6.45) is 0. The smallest absolute Gasteiger partial charge is 0.301 e. The van der Waals surface area contributed by atoms with Gasteiger partial charge in [0, 0.05) is 16.0 Å². The van der Waals surface area contributed by atoms with E-state index in [0.717, 1.165) is 10.6 Å². The summed E-state index contributed by atoms with van der Waals surface area (Å²) >= 11 is 1.25. The third-order valence-electron chi connectivity index (χ3n) is 4.91. The normalized spacial score (nSPS) is 18.4. The number of carbonyl (C=O) groups excluding carboxylic acids is 2. The van der Waals surface area contributed by atoms with Crippen LogP contribution >= 0.6 is 11.3 Å². The summed E-state index contributed by atoms with van der Waals surface area (Å²) < 4.78 is 14.7. The summed E-state index contributed by atoms with van der Waals surface area (Å²) in [5, 5.41) is 11.2. The zero-order valence-electron chi connectivity index (χ0n) is 15.7. The van der Waals surface area contributed by atoms with Crippen LogP contribution in [0, 0.1) is 19.7 Å². The Kier molecular flexibility index (Phi) is 4.76. The van der Waals surface area contributed by atoms with Gasteiger partial charge in [0.05, 0.1) is 11.3 Å². The molecule has 2 heterocycles. The number of hydrogen-bond donors (Lipinski definition) is 1. The Morgan fingerprint density at radius 2 is 1.72 bits per heavy atom. The molecule has 1 fully saturated rings. The van der Waals surface area contributed by atoms with Crippen LogP contribution in [-0.2, 0) is 9.59 Å². The van der Waals surface area contributed by atoms with Crippen LogP contribution in [0.15, 0.2) is 60.2 Å². The minimum atomic E-state index is -1.11. The highest BCUT2D eigenvalue weighted by molar-refractivity contribution is 7.16. The van der Waals surface area contributed by atoms with Gasteiger partial charge in [-0.25, -0.2) is 9.37 Å². The molecule has 0 unspecified atom stereocenters. The fourth-order valence-corrected chi connectivity index (χ4v) is 4.27. The summed E-state index contributed by atoms with van der Waals surface area (Å²) in [4.78, 5) is 32.3. The molecule has 5 nitrogen and oxygen atoms in total. The number of aryl methyl sites for hydroxylation is 2. The zero-order chi connectivity index (χ0) is 20.7. The van der Waals surface area contributed by atoms with E-state index in [9.17, 15) is 19.1 Å². The minimum Gasteiger partial charge on any atom is -0.507 e. The molecule has 7 heteroatoms. The first-order chi connectivity index (χ1) is 13.9. The second kappa shape index (κ2) is 7.25. The molecule has 1 saturated heterocycles. The number of halogens is 1. The number of aromatic nitrogens is 1. The summed E-state index contributed by atoms with van der Waals surface area (Å²) in [5.74, 6) is -2.63. The monoisotopic (exact) mass is 408 g/mol. The van der Waals surface area contributed by atoms with E-state index in [1.165, 1.54) is 34.4 Å². The lowest BCUT2D eigenvalue weighted by atomic mass is 9.95. The molecule has 1 N–H and O–H groups in total. The number of thiazole rings is 1. The number of Topliss-reactive ketones (excluding diaryl/α,β-unsaturated/α-hetero) is 1. The van der Waals surface area contributed by atoms with Gasteiger partial charge in [0.25, 0.3) is 5.78 Å². The lowest BCUT2D eigenvalue weighted by molar-refractivity contribution is -0.132. The van der Waals surface area contributed by atoms with Gasteiger partial charge in [0.15, 0.2) is 5.13 Å².